The Morgan fingerprint density at radius 2 is 1.80 bits per heavy atom. The number of methoxy groups -OCH3 is 3. The number of fused-ring (bicyclic) bond motifs is 1. The third-order valence-corrected chi connectivity index (χ3v) is 5.99. The van der Waals surface area contributed by atoms with Crippen molar-refractivity contribution in [3.8, 4) is 17.2 Å². The third kappa shape index (κ3) is 4.72. The van der Waals surface area contributed by atoms with Gasteiger partial charge in [0.05, 0.1) is 38.5 Å². The largest absolute Gasteiger partial charge is 0.493 e. The Kier molecular flexibility index (Phi) is 7.36. The normalized spacial score (nSPS) is 14.2. The summed E-state index contributed by atoms with van der Waals surface area (Å²) in [6.45, 7) is 3.45. The van der Waals surface area contributed by atoms with Gasteiger partial charge in [-0.2, -0.15) is 0 Å². The summed E-state index contributed by atoms with van der Waals surface area (Å²) in [4.78, 5) is 15.5. The van der Waals surface area contributed by atoms with E-state index in [1.807, 2.05) is 12.1 Å². The van der Waals surface area contributed by atoms with Crippen LogP contribution in [0.25, 0.3) is 11.0 Å². The summed E-state index contributed by atoms with van der Waals surface area (Å²) < 4.78 is 21.3. The third-order valence-electron chi connectivity index (χ3n) is 5.99. The highest BCUT2D eigenvalue weighted by Crippen LogP contribution is 2.41. The minimum atomic E-state index is -0.523. The average molecular weight is 489 g/mol. The summed E-state index contributed by atoms with van der Waals surface area (Å²) in [6, 6.07) is 5.50. The van der Waals surface area contributed by atoms with E-state index in [-0.39, 0.29) is 30.0 Å². The standard InChI is InChI=1S/C22H28N6O7/c1-32-17-5-4-14(21(33-2)22(17)34-3)13-26-7-9-27(10-8-26)16-12-15(23-6-11-29)20(28(30)31)19-18(16)24-35-25-19/h4-5,12,23,29H,6-11,13H2,1-3H3. The van der Waals surface area contributed by atoms with Gasteiger partial charge in [-0.05, 0) is 22.4 Å². The molecule has 0 atom stereocenters. The zero-order valence-corrected chi connectivity index (χ0v) is 19.8. The first-order chi connectivity index (χ1) is 17.0. The van der Waals surface area contributed by atoms with Crippen LogP contribution in [0, 0.1) is 10.1 Å². The van der Waals surface area contributed by atoms with Crippen molar-refractivity contribution in [1.29, 1.82) is 0 Å². The molecule has 13 nitrogen and oxygen atoms in total. The maximum Gasteiger partial charge on any atom is 0.323 e. The second kappa shape index (κ2) is 10.6. The molecule has 4 rings (SSSR count). The van der Waals surface area contributed by atoms with Gasteiger partial charge in [0.2, 0.25) is 11.3 Å². The molecule has 3 aromatic rings. The van der Waals surface area contributed by atoms with Crippen LogP contribution in [-0.4, -0.2) is 85.9 Å². The second-order valence-corrected chi connectivity index (χ2v) is 7.92. The van der Waals surface area contributed by atoms with Gasteiger partial charge in [0.25, 0.3) is 0 Å². The number of nitro benzene ring substituents is 1. The lowest BCUT2D eigenvalue weighted by atomic mass is 10.1. The number of hydrogen-bond acceptors (Lipinski definition) is 12. The van der Waals surface area contributed by atoms with E-state index in [4.69, 9.17) is 18.8 Å². The van der Waals surface area contributed by atoms with E-state index in [0.29, 0.717) is 48.1 Å². The van der Waals surface area contributed by atoms with Crippen molar-refractivity contribution in [1.82, 2.24) is 15.2 Å². The number of rotatable bonds is 10. The second-order valence-electron chi connectivity index (χ2n) is 7.92. The molecule has 1 aromatic heterocycles. The molecule has 0 bridgehead atoms. The fraction of sp³-hybridized carbons (Fsp3) is 0.455. The van der Waals surface area contributed by atoms with Crippen LogP contribution in [0.15, 0.2) is 22.8 Å². The number of ether oxygens (including phenoxy) is 3. The predicted octanol–water partition coefficient (Wildman–Crippen LogP) is 1.88. The van der Waals surface area contributed by atoms with Crippen LogP contribution in [0.2, 0.25) is 0 Å². The molecule has 13 heteroatoms. The number of aromatic nitrogens is 2. The Balaban J connectivity index is 1.55. The maximum absolute atomic E-state index is 11.7. The molecular weight excluding hydrogens is 460 g/mol. The smallest absolute Gasteiger partial charge is 0.323 e. The van der Waals surface area contributed by atoms with Gasteiger partial charge in [0.1, 0.15) is 5.69 Å². The van der Waals surface area contributed by atoms with Gasteiger partial charge in [-0.1, -0.05) is 6.07 Å². The molecule has 35 heavy (non-hydrogen) atoms. The first kappa shape index (κ1) is 24.3. The molecule has 0 unspecified atom stereocenters. The van der Waals surface area contributed by atoms with Crippen LogP contribution in [0.4, 0.5) is 17.1 Å². The van der Waals surface area contributed by atoms with Crippen LogP contribution in [-0.2, 0) is 6.54 Å². The molecule has 1 aliphatic rings. The van der Waals surface area contributed by atoms with E-state index < -0.39 is 4.92 Å². The number of anilines is 2. The van der Waals surface area contributed by atoms with E-state index in [2.05, 4.69) is 25.4 Å². The van der Waals surface area contributed by atoms with Crippen LogP contribution in [0.5, 0.6) is 17.2 Å². The Bertz CT molecular complexity index is 1190. The van der Waals surface area contributed by atoms with Crippen molar-refractivity contribution in [2.75, 3.05) is 70.9 Å². The van der Waals surface area contributed by atoms with Crippen molar-refractivity contribution < 1.29 is 28.9 Å². The number of aliphatic hydroxyl groups is 1. The fourth-order valence-corrected chi connectivity index (χ4v) is 4.34. The quantitative estimate of drug-likeness (QED) is 0.317. The molecular formula is C22H28N6O7. The van der Waals surface area contributed by atoms with Crippen molar-refractivity contribution in [3.63, 3.8) is 0 Å². The molecule has 0 saturated carbocycles. The minimum Gasteiger partial charge on any atom is -0.493 e. The molecule has 2 N–H and O–H groups in total. The number of piperazine rings is 1. The summed E-state index contributed by atoms with van der Waals surface area (Å²) in [6.07, 6.45) is 0. The van der Waals surface area contributed by atoms with E-state index >= 15 is 0 Å². The lowest BCUT2D eigenvalue weighted by molar-refractivity contribution is -0.382. The van der Waals surface area contributed by atoms with E-state index in [1.54, 1.807) is 27.4 Å². The number of benzene rings is 2. The van der Waals surface area contributed by atoms with Gasteiger partial charge in [-0.15, -0.1) is 0 Å². The van der Waals surface area contributed by atoms with Crippen molar-refractivity contribution in [2.24, 2.45) is 0 Å². The first-order valence-corrected chi connectivity index (χ1v) is 11.1. The van der Waals surface area contributed by atoms with E-state index in [9.17, 15) is 15.2 Å². The average Bonchev–Trinajstić information content (AvgIpc) is 3.36. The fourth-order valence-electron chi connectivity index (χ4n) is 4.34. The number of nitrogens with one attached hydrogen (secondary N) is 1. The first-order valence-electron chi connectivity index (χ1n) is 11.1. The number of aliphatic hydroxyl groups excluding tert-OH is 1. The van der Waals surface area contributed by atoms with Gasteiger partial charge in [-0.3, -0.25) is 15.0 Å². The summed E-state index contributed by atoms with van der Waals surface area (Å²) in [5.74, 6) is 1.80. The van der Waals surface area contributed by atoms with Crippen LogP contribution >= 0.6 is 0 Å². The molecule has 2 aromatic carbocycles. The molecule has 2 heterocycles. The lowest BCUT2D eigenvalue weighted by Gasteiger charge is -2.36. The topological polar surface area (TPSA) is 148 Å². The monoisotopic (exact) mass is 488 g/mol. The molecule has 1 aliphatic heterocycles. The predicted molar refractivity (Wildman–Crippen MR) is 128 cm³/mol. The minimum absolute atomic E-state index is 0.0745. The number of nitro groups is 1. The lowest BCUT2D eigenvalue weighted by Crippen LogP contribution is -2.46. The van der Waals surface area contributed by atoms with Crippen molar-refractivity contribution in [3.05, 3.63) is 33.9 Å². The van der Waals surface area contributed by atoms with Crippen molar-refractivity contribution >= 4 is 28.1 Å². The summed E-state index contributed by atoms with van der Waals surface area (Å²) in [5, 5.41) is 31.5. The maximum atomic E-state index is 11.7. The van der Waals surface area contributed by atoms with Gasteiger partial charge in [0.15, 0.2) is 17.0 Å². The molecule has 0 aliphatic carbocycles. The molecule has 1 fully saturated rings. The van der Waals surface area contributed by atoms with E-state index in [0.717, 1.165) is 18.7 Å². The molecule has 0 amide bonds. The molecule has 1 saturated heterocycles. The SMILES string of the molecule is COc1ccc(CN2CCN(c3cc(NCCO)c([N+](=O)[O-])c4nonc34)CC2)c(OC)c1OC. The van der Waals surface area contributed by atoms with E-state index in [1.165, 1.54) is 0 Å². The summed E-state index contributed by atoms with van der Waals surface area (Å²) in [7, 11) is 4.77. The Labute approximate surface area is 201 Å². The van der Waals surface area contributed by atoms with Crippen molar-refractivity contribution in [2.45, 2.75) is 6.54 Å². The summed E-state index contributed by atoms with van der Waals surface area (Å²) >= 11 is 0. The zero-order chi connectivity index (χ0) is 24.9. The highest BCUT2D eigenvalue weighted by molar-refractivity contribution is 5.99. The summed E-state index contributed by atoms with van der Waals surface area (Å²) in [5.41, 5.74) is 2.12. The highest BCUT2D eigenvalue weighted by atomic mass is 16.6. The molecule has 0 radical (unpaired) electrons. The van der Waals surface area contributed by atoms with Crippen LogP contribution in [0.3, 0.4) is 0 Å². The van der Waals surface area contributed by atoms with Gasteiger partial charge >= 0.3 is 5.69 Å². The van der Waals surface area contributed by atoms with Crippen LogP contribution in [0.1, 0.15) is 5.56 Å². The van der Waals surface area contributed by atoms with Crippen LogP contribution < -0.4 is 24.4 Å². The molecule has 188 valence electrons. The highest BCUT2D eigenvalue weighted by Gasteiger charge is 2.29. The number of hydrogen-bond donors (Lipinski definition) is 2. The Hall–Kier alpha value is -3.84. The zero-order valence-electron chi connectivity index (χ0n) is 19.8. The van der Waals surface area contributed by atoms with Gasteiger partial charge in [0, 0.05) is 44.8 Å². The Morgan fingerprint density at radius 3 is 2.43 bits per heavy atom. The van der Waals surface area contributed by atoms with Gasteiger partial charge in [-0.25, -0.2) is 4.63 Å². The number of nitrogens with zero attached hydrogens (tertiary/aromatic N) is 5. The molecule has 0 spiro atoms. The van der Waals surface area contributed by atoms with Gasteiger partial charge < -0.3 is 29.5 Å². The Morgan fingerprint density at radius 1 is 1.09 bits per heavy atom.